The Kier molecular flexibility index (Phi) is 5.57. The molecule has 8 nitrogen and oxygen atoms in total. The van der Waals surface area contributed by atoms with Crippen LogP contribution in [0.2, 0.25) is 0 Å². The van der Waals surface area contributed by atoms with Gasteiger partial charge in [-0.1, -0.05) is 6.07 Å². The zero-order valence-electron chi connectivity index (χ0n) is 13.6. The molecule has 0 fully saturated rings. The molecule has 0 spiro atoms. The van der Waals surface area contributed by atoms with Crippen LogP contribution in [0.15, 0.2) is 47.6 Å². The second-order valence-corrected chi connectivity index (χ2v) is 5.12. The fourth-order valence-corrected chi connectivity index (χ4v) is 1.97. The molecule has 25 heavy (non-hydrogen) atoms. The Bertz CT molecular complexity index is 844. The number of benzene rings is 2. The molecule has 0 unspecified atom stereocenters. The van der Waals surface area contributed by atoms with Gasteiger partial charge in [0.15, 0.2) is 0 Å². The lowest BCUT2D eigenvalue weighted by Gasteiger charge is -2.02. The Morgan fingerprint density at radius 2 is 1.88 bits per heavy atom. The second-order valence-electron chi connectivity index (χ2n) is 5.12. The maximum absolute atomic E-state index is 12.0. The number of ether oxygens (including phenoxy) is 1. The Morgan fingerprint density at radius 1 is 1.20 bits per heavy atom. The van der Waals surface area contributed by atoms with E-state index < -0.39 is 16.8 Å². The molecule has 0 aliphatic heterocycles. The van der Waals surface area contributed by atoms with Gasteiger partial charge in [-0.25, -0.2) is 5.43 Å². The van der Waals surface area contributed by atoms with E-state index in [0.717, 1.165) is 0 Å². The van der Waals surface area contributed by atoms with Crippen LogP contribution in [0, 0.1) is 17.0 Å². The summed E-state index contributed by atoms with van der Waals surface area (Å²) in [6.45, 7) is 2.90. The second kappa shape index (κ2) is 7.82. The number of nitro groups is 1. The molecule has 1 amide bonds. The molecule has 128 valence electrons. The smallest absolute Gasteiger partial charge is 0.308 e. The number of carbonyl (C=O) groups excluding carboxylic acids is 2. The third-order valence-electron chi connectivity index (χ3n) is 3.19. The third-order valence-corrected chi connectivity index (χ3v) is 3.19. The summed E-state index contributed by atoms with van der Waals surface area (Å²) >= 11 is 0. The maximum atomic E-state index is 12.0. The molecule has 0 aromatic heterocycles. The molecule has 1 N–H and O–H groups in total. The minimum absolute atomic E-state index is 0.127. The van der Waals surface area contributed by atoms with Crippen molar-refractivity contribution in [1.82, 2.24) is 5.43 Å². The summed E-state index contributed by atoms with van der Waals surface area (Å²) in [5.41, 5.74) is 3.46. The SMILES string of the molecule is CC(=O)Oc1ccc(/C=N\NC(=O)c2ccc(C)c([N+](=O)[O-])c2)cc1. The van der Waals surface area contributed by atoms with Crippen molar-refractivity contribution in [2.45, 2.75) is 13.8 Å². The van der Waals surface area contributed by atoms with Crippen molar-refractivity contribution in [2.24, 2.45) is 5.10 Å². The van der Waals surface area contributed by atoms with E-state index in [2.05, 4.69) is 10.5 Å². The van der Waals surface area contributed by atoms with Crippen LogP contribution < -0.4 is 10.2 Å². The zero-order valence-corrected chi connectivity index (χ0v) is 13.6. The van der Waals surface area contributed by atoms with Gasteiger partial charge in [0.2, 0.25) is 0 Å². The van der Waals surface area contributed by atoms with Crippen LogP contribution in [0.25, 0.3) is 0 Å². The number of amides is 1. The predicted molar refractivity (Wildman–Crippen MR) is 90.6 cm³/mol. The van der Waals surface area contributed by atoms with Gasteiger partial charge >= 0.3 is 5.97 Å². The number of nitrogens with zero attached hydrogens (tertiary/aromatic N) is 2. The van der Waals surface area contributed by atoms with Gasteiger partial charge in [0.05, 0.1) is 11.1 Å². The summed E-state index contributed by atoms with van der Waals surface area (Å²) in [6, 6.07) is 10.7. The Hall–Kier alpha value is -3.55. The molecule has 0 heterocycles. The summed E-state index contributed by atoms with van der Waals surface area (Å²) < 4.78 is 4.90. The Morgan fingerprint density at radius 3 is 2.48 bits per heavy atom. The molecule has 0 saturated carbocycles. The van der Waals surface area contributed by atoms with Gasteiger partial charge in [0.25, 0.3) is 11.6 Å². The summed E-state index contributed by atoms with van der Waals surface area (Å²) in [4.78, 5) is 33.2. The number of esters is 1. The minimum Gasteiger partial charge on any atom is -0.427 e. The van der Waals surface area contributed by atoms with E-state index in [0.29, 0.717) is 16.9 Å². The van der Waals surface area contributed by atoms with Crippen LogP contribution >= 0.6 is 0 Å². The first-order valence-corrected chi connectivity index (χ1v) is 7.24. The van der Waals surface area contributed by atoms with Crippen LogP contribution in [-0.2, 0) is 4.79 Å². The molecule has 2 aromatic carbocycles. The molecule has 0 aliphatic rings. The first-order valence-electron chi connectivity index (χ1n) is 7.24. The van der Waals surface area contributed by atoms with E-state index in [1.165, 1.54) is 31.3 Å². The molecular weight excluding hydrogens is 326 g/mol. The summed E-state index contributed by atoms with van der Waals surface area (Å²) in [6.07, 6.45) is 1.40. The van der Waals surface area contributed by atoms with Crippen LogP contribution in [0.3, 0.4) is 0 Å². The third kappa shape index (κ3) is 4.96. The minimum atomic E-state index is -0.559. The number of hydrogen-bond donors (Lipinski definition) is 1. The van der Waals surface area contributed by atoms with Crippen molar-refractivity contribution < 1.29 is 19.2 Å². The van der Waals surface area contributed by atoms with E-state index >= 15 is 0 Å². The van der Waals surface area contributed by atoms with Crippen LogP contribution in [-0.4, -0.2) is 23.0 Å². The average molecular weight is 341 g/mol. The monoisotopic (exact) mass is 341 g/mol. The lowest BCUT2D eigenvalue weighted by molar-refractivity contribution is -0.385. The molecule has 0 radical (unpaired) electrons. The molecule has 0 bridgehead atoms. The van der Waals surface area contributed by atoms with Crippen LogP contribution in [0.5, 0.6) is 5.75 Å². The van der Waals surface area contributed by atoms with Gasteiger partial charge in [-0.3, -0.25) is 19.7 Å². The largest absolute Gasteiger partial charge is 0.427 e. The predicted octanol–water partition coefficient (Wildman–Crippen LogP) is 2.59. The fourth-order valence-electron chi connectivity index (χ4n) is 1.97. The lowest BCUT2D eigenvalue weighted by Crippen LogP contribution is -2.17. The van der Waals surface area contributed by atoms with Crippen molar-refractivity contribution >= 4 is 23.8 Å². The number of nitrogens with one attached hydrogen (secondary N) is 1. The maximum Gasteiger partial charge on any atom is 0.308 e. The van der Waals surface area contributed by atoms with Gasteiger partial charge in [0, 0.05) is 24.1 Å². The van der Waals surface area contributed by atoms with Crippen molar-refractivity contribution in [1.29, 1.82) is 0 Å². The first-order chi connectivity index (χ1) is 11.9. The molecule has 0 aliphatic carbocycles. The molecule has 8 heteroatoms. The van der Waals surface area contributed by atoms with Gasteiger partial charge in [-0.2, -0.15) is 5.10 Å². The van der Waals surface area contributed by atoms with Crippen molar-refractivity contribution in [3.05, 3.63) is 69.3 Å². The van der Waals surface area contributed by atoms with Crippen molar-refractivity contribution in [3.63, 3.8) is 0 Å². The van der Waals surface area contributed by atoms with E-state index in [1.54, 1.807) is 31.2 Å². The van der Waals surface area contributed by atoms with E-state index in [-0.39, 0.29) is 11.3 Å². The van der Waals surface area contributed by atoms with E-state index in [4.69, 9.17) is 4.74 Å². The Balaban J connectivity index is 2.02. The Labute approximate surface area is 143 Å². The molecule has 0 atom stereocenters. The highest BCUT2D eigenvalue weighted by atomic mass is 16.6. The van der Waals surface area contributed by atoms with Gasteiger partial charge in [-0.15, -0.1) is 0 Å². The topological polar surface area (TPSA) is 111 Å². The normalized spacial score (nSPS) is 10.5. The first kappa shape index (κ1) is 17.8. The summed E-state index contributed by atoms with van der Waals surface area (Å²) in [5, 5.41) is 14.7. The number of aryl methyl sites for hydroxylation is 1. The van der Waals surface area contributed by atoms with Crippen molar-refractivity contribution in [3.8, 4) is 5.75 Å². The van der Waals surface area contributed by atoms with Crippen LogP contribution in [0.4, 0.5) is 5.69 Å². The molecular formula is C17H15N3O5. The quantitative estimate of drug-likeness (QED) is 0.295. The summed E-state index contributed by atoms with van der Waals surface area (Å²) in [7, 11) is 0. The number of hydrazone groups is 1. The van der Waals surface area contributed by atoms with Gasteiger partial charge in [-0.05, 0) is 42.8 Å². The fraction of sp³-hybridized carbons (Fsp3) is 0.118. The number of hydrogen-bond acceptors (Lipinski definition) is 6. The molecule has 2 rings (SSSR count). The lowest BCUT2D eigenvalue weighted by atomic mass is 10.1. The average Bonchev–Trinajstić information content (AvgIpc) is 2.56. The molecule has 0 saturated heterocycles. The highest BCUT2D eigenvalue weighted by Crippen LogP contribution is 2.19. The number of carbonyl (C=O) groups is 2. The highest BCUT2D eigenvalue weighted by Gasteiger charge is 2.14. The highest BCUT2D eigenvalue weighted by molar-refractivity contribution is 5.95. The zero-order chi connectivity index (χ0) is 18.4. The van der Waals surface area contributed by atoms with Crippen LogP contribution in [0.1, 0.15) is 28.4 Å². The van der Waals surface area contributed by atoms with Gasteiger partial charge in [0.1, 0.15) is 5.75 Å². The number of rotatable bonds is 5. The van der Waals surface area contributed by atoms with Crippen molar-refractivity contribution in [2.75, 3.05) is 0 Å². The molecule has 2 aromatic rings. The van der Waals surface area contributed by atoms with E-state index in [9.17, 15) is 19.7 Å². The standard InChI is InChI=1S/C17H15N3O5/c1-11-3-6-14(9-16(11)20(23)24)17(22)19-18-10-13-4-7-15(8-5-13)25-12(2)21/h3-10H,1-2H3,(H,19,22)/b18-10-. The number of nitro benzene ring substituents is 1. The van der Waals surface area contributed by atoms with E-state index in [1.807, 2.05) is 0 Å². The van der Waals surface area contributed by atoms with Gasteiger partial charge < -0.3 is 4.74 Å². The summed E-state index contributed by atoms with van der Waals surface area (Å²) in [5.74, 6) is -0.572.